The van der Waals surface area contributed by atoms with Gasteiger partial charge < -0.3 is 58.6 Å². The Labute approximate surface area is 276 Å². The van der Waals surface area contributed by atoms with Crippen LogP contribution < -0.4 is 30.4 Å². The van der Waals surface area contributed by atoms with Gasteiger partial charge in [-0.15, -0.1) is 0 Å². The summed E-state index contributed by atoms with van der Waals surface area (Å²) in [6.07, 6.45) is -4.83. The fourth-order valence-corrected chi connectivity index (χ4v) is 6.68. The molecule has 2 aromatic heterocycles. The Kier molecular flexibility index (Phi) is 6.70. The molecule has 4 aromatic rings. The Bertz CT molecular complexity index is 2150. The van der Waals surface area contributed by atoms with E-state index in [-0.39, 0.29) is 50.3 Å². The molecule has 0 spiro atoms. The fourth-order valence-electron chi connectivity index (χ4n) is 6.68. The van der Waals surface area contributed by atoms with Crippen LogP contribution in [0, 0.1) is 0 Å². The number of esters is 1. The van der Waals surface area contributed by atoms with Gasteiger partial charge in [-0.1, -0.05) is 6.07 Å². The number of cyclic esters (lactones) is 1. The smallest absolute Gasteiger partial charge is 0.407 e. The first-order valence-corrected chi connectivity index (χ1v) is 15.5. The molecular formula is C33H28N4O12. The highest BCUT2D eigenvalue weighted by Gasteiger charge is 2.58. The Morgan fingerprint density at radius 1 is 1.06 bits per heavy atom. The van der Waals surface area contributed by atoms with Crippen LogP contribution in [-0.4, -0.2) is 70.5 Å². The third-order valence-electron chi connectivity index (χ3n) is 9.27. The number of ether oxygens (including phenoxy) is 7. The van der Waals surface area contributed by atoms with Gasteiger partial charge in [-0.3, -0.25) is 4.79 Å². The molecule has 2 saturated heterocycles. The SMILES string of the molecule is CNc1cc(COC(=O)NCc2c3c(nc4cc5c(cc24)OCO5)-c2cc4c(c(=O)n2C3)COC(=O)C4O)ccc1OC1OC2OC2C1O. The lowest BCUT2D eigenvalue weighted by atomic mass is 9.98. The van der Waals surface area contributed by atoms with Gasteiger partial charge in [-0.05, 0) is 35.4 Å². The third kappa shape index (κ3) is 4.82. The molecular weight excluding hydrogens is 644 g/mol. The van der Waals surface area contributed by atoms with Crippen molar-refractivity contribution in [3.63, 3.8) is 0 Å². The number of hydrogen-bond acceptors (Lipinski definition) is 14. The van der Waals surface area contributed by atoms with Gasteiger partial charge in [0, 0.05) is 36.2 Å². The van der Waals surface area contributed by atoms with Gasteiger partial charge in [0.05, 0.1) is 34.7 Å². The summed E-state index contributed by atoms with van der Waals surface area (Å²) in [5.41, 5.74) is 4.09. The summed E-state index contributed by atoms with van der Waals surface area (Å²) in [5.74, 6) is 0.656. The Morgan fingerprint density at radius 3 is 2.69 bits per heavy atom. The van der Waals surface area contributed by atoms with Gasteiger partial charge in [-0.2, -0.15) is 0 Å². The molecule has 16 nitrogen and oxygen atoms in total. The molecule has 0 saturated carbocycles. The number of alkyl carbamates (subject to hydrolysis) is 1. The summed E-state index contributed by atoms with van der Waals surface area (Å²) in [5, 5.41) is 27.3. The maximum absolute atomic E-state index is 13.5. The number of amides is 1. The van der Waals surface area contributed by atoms with Crippen LogP contribution in [0.4, 0.5) is 10.5 Å². The highest BCUT2D eigenvalue weighted by molar-refractivity contribution is 5.91. The largest absolute Gasteiger partial charge is 0.460 e. The van der Waals surface area contributed by atoms with Crippen LogP contribution in [-0.2, 0) is 50.0 Å². The first-order valence-electron chi connectivity index (χ1n) is 15.5. The normalized spacial score (nSPS) is 23.7. The third-order valence-corrected chi connectivity index (χ3v) is 9.27. The quantitative estimate of drug-likeness (QED) is 0.143. The van der Waals surface area contributed by atoms with Crippen molar-refractivity contribution in [2.45, 2.75) is 57.2 Å². The molecule has 0 aliphatic carbocycles. The van der Waals surface area contributed by atoms with Gasteiger partial charge in [0.1, 0.15) is 31.2 Å². The number of aromatic nitrogens is 2. The second-order valence-electron chi connectivity index (χ2n) is 12.1. The van der Waals surface area contributed by atoms with E-state index in [1.807, 2.05) is 0 Å². The fraction of sp³-hybridized carbons (Fsp3) is 0.333. The summed E-state index contributed by atoms with van der Waals surface area (Å²) in [4.78, 5) is 43.5. The number of epoxide rings is 1. The van der Waals surface area contributed by atoms with Gasteiger partial charge in [0.2, 0.25) is 13.1 Å². The minimum Gasteiger partial charge on any atom is -0.460 e. The average Bonchev–Trinajstić information content (AvgIpc) is 3.38. The predicted octanol–water partition coefficient (Wildman–Crippen LogP) is 1.53. The standard InChI is InChI=1S/C33H28N4O12/c1-34-20-4-13(2-3-22(20)47-31-27(39)28-32(48-28)49-31)10-44-33(42)35-8-16-14-6-23-24(46-12-45-23)7-19(14)36-25-17(16)9-37-21(25)5-15-18(29(37)40)11-43-30(41)26(15)38/h2-7,26-28,31-32,34,38-39H,8-12H2,1H3,(H,35,42). The lowest BCUT2D eigenvalue weighted by Gasteiger charge is -2.21. The number of pyridine rings is 2. The van der Waals surface area contributed by atoms with Crippen molar-refractivity contribution in [1.82, 2.24) is 14.9 Å². The molecule has 7 heterocycles. The van der Waals surface area contributed by atoms with E-state index < -0.39 is 42.4 Å². The minimum absolute atomic E-state index is 0.0243. The van der Waals surface area contributed by atoms with Crippen molar-refractivity contribution in [1.29, 1.82) is 0 Å². The maximum Gasteiger partial charge on any atom is 0.407 e. The highest BCUT2D eigenvalue weighted by Crippen LogP contribution is 2.43. The number of fused-ring (bicyclic) bond motifs is 7. The summed E-state index contributed by atoms with van der Waals surface area (Å²) in [6.45, 7) is -0.0697. The number of rotatable bonds is 7. The molecule has 49 heavy (non-hydrogen) atoms. The summed E-state index contributed by atoms with van der Waals surface area (Å²) >= 11 is 0. The van der Waals surface area contributed by atoms with Gasteiger partial charge in [0.25, 0.3) is 5.56 Å². The van der Waals surface area contributed by atoms with Crippen molar-refractivity contribution in [2.24, 2.45) is 0 Å². The second kappa shape index (κ2) is 11.1. The second-order valence-corrected chi connectivity index (χ2v) is 12.1. The molecule has 5 unspecified atom stereocenters. The molecule has 2 aromatic carbocycles. The predicted molar refractivity (Wildman–Crippen MR) is 165 cm³/mol. The lowest BCUT2D eigenvalue weighted by Crippen LogP contribution is -2.32. The van der Waals surface area contributed by atoms with Crippen LogP contribution >= 0.6 is 0 Å². The topological polar surface area (TPSA) is 201 Å². The van der Waals surface area contributed by atoms with Crippen LogP contribution in [0.3, 0.4) is 0 Å². The molecule has 9 rings (SSSR count). The van der Waals surface area contributed by atoms with E-state index in [9.17, 15) is 24.6 Å². The zero-order valence-electron chi connectivity index (χ0n) is 25.8. The van der Waals surface area contributed by atoms with E-state index in [4.69, 9.17) is 38.1 Å². The van der Waals surface area contributed by atoms with Crippen LogP contribution in [0.25, 0.3) is 22.3 Å². The van der Waals surface area contributed by atoms with Crippen molar-refractivity contribution in [2.75, 3.05) is 19.2 Å². The molecule has 0 bridgehead atoms. The van der Waals surface area contributed by atoms with Crippen LogP contribution in [0.1, 0.15) is 33.9 Å². The van der Waals surface area contributed by atoms with Gasteiger partial charge in [-0.25, -0.2) is 14.6 Å². The molecule has 4 N–H and O–H groups in total. The molecule has 16 heteroatoms. The number of aliphatic hydroxyl groups is 2. The van der Waals surface area contributed by atoms with Crippen LogP contribution in [0.15, 0.2) is 41.2 Å². The minimum atomic E-state index is -1.58. The van der Waals surface area contributed by atoms with E-state index in [1.165, 1.54) is 4.57 Å². The van der Waals surface area contributed by atoms with Crippen LogP contribution in [0.5, 0.6) is 17.2 Å². The number of carbonyl (C=O) groups excluding carboxylic acids is 2. The summed E-state index contributed by atoms with van der Waals surface area (Å²) in [6, 6.07) is 10.3. The van der Waals surface area contributed by atoms with Crippen molar-refractivity contribution < 1.29 is 53.0 Å². The average molecular weight is 673 g/mol. The van der Waals surface area contributed by atoms with E-state index in [0.717, 1.165) is 0 Å². The zero-order chi connectivity index (χ0) is 33.6. The number of nitrogens with one attached hydrogen (secondary N) is 2. The summed E-state index contributed by atoms with van der Waals surface area (Å²) < 4.78 is 39.7. The van der Waals surface area contributed by atoms with Gasteiger partial charge in [0.15, 0.2) is 23.9 Å². The molecule has 2 fully saturated rings. The van der Waals surface area contributed by atoms with E-state index >= 15 is 0 Å². The van der Waals surface area contributed by atoms with Crippen LogP contribution in [0.2, 0.25) is 0 Å². The van der Waals surface area contributed by atoms with Crippen molar-refractivity contribution >= 4 is 28.7 Å². The van der Waals surface area contributed by atoms with E-state index in [0.29, 0.717) is 61.9 Å². The number of anilines is 1. The first kappa shape index (κ1) is 29.7. The number of benzene rings is 2. The molecule has 1 amide bonds. The molecule has 252 valence electrons. The molecule has 0 radical (unpaired) electrons. The van der Waals surface area contributed by atoms with Gasteiger partial charge >= 0.3 is 12.1 Å². The number of carbonyl (C=O) groups is 2. The zero-order valence-corrected chi connectivity index (χ0v) is 25.8. The van der Waals surface area contributed by atoms with Crippen molar-refractivity contribution in [3.8, 4) is 28.6 Å². The first-order chi connectivity index (χ1) is 23.8. The highest BCUT2D eigenvalue weighted by atomic mass is 16.8. The van der Waals surface area contributed by atoms with E-state index in [2.05, 4.69) is 10.6 Å². The monoisotopic (exact) mass is 672 g/mol. The number of hydrogen-bond donors (Lipinski definition) is 4. The molecule has 5 aliphatic heterocycles. The number of aliphatic hydroxyl groups excluding tert-OH is 2. The Morgan fingerprint density at radius 2 is 1.90 bits per heavy atom. The number of nitrogens with zero attached hydrogens (tertiary/aromatic N) is 2. The Balaban J connectivity index is 0.966. The van der Waals surface area contributed by atoms with Crippen molar-refractivity contribution in [3.05, 3.63) is 74.6 Å². The molecule has 5 atom stereocenters. The lowest BCUT2D eigenvalue weighted by molar-refractivity contribution is -0.158. The Hall–Kier alpha value is -5.42. The summed E-state index contributed by atoms with van der Waals surface area (Å²) in [7, 11) is 1.72. The molecule has 5 aliphatic rings. The maximum atomic E-state index is 13.5. The van der Waals surface area contributed by atoms with E-state index in [1.54, 1.807) is 43.4 Å².